The van der Waals surface area contributed by atoms with Crippen LogP contribution in [0.25, 0.3) is 11.1 Å². The van der Waals surface area contributed by atoms with Crippen molar-refractivity contribution in [3.8, 4) is 11.1 Å². The second kappa shape index (κ2) is 6.92. The standard InChI is InChI=1S/C22H25N5OS/c1-15-23-12-17(13-24-15)16-3-5-18(6-4-16)22(7-8-22)20-26-25-19-11-21(2,14-28)29-10-9-27(19)20/h3-6,12-13,28H,7-11,14H2,1-2H3/t21-/m0/s1. The van der Waals surface area contributed by atoms with Crippen LogP contribution in [0.1, 0.15) is 42.8 Å². The van der Waals surface area contributed by atoms with Gasteiger partial charge in [-0.25, -0.2) is 9.97 Å². The van der Waals surface area contributed by atoms with Gasteiger partial charge in [-0.15, -0.1) is 10.2 Å². The van der Waals surface area contributed by atoms with E-state index in [0.717, 1.165) is 60.2 Å². The Labute approximate surface area is 174 Å². The van der Waals surface area contributed by atoms with E-state index in [2.05, 4.69) is 55.9 Å². The molecule has 3 heterocycles. The molecule has 6 nitrogen and oxygen atoms in total. The Morgan fingerprint density at radius 3 is 2.45 bits per heavy atom. The number of hydrogen-bond donors (Lipinski definition) is 1. The first-order valence-corrected chi connectivity index (χ1v) is 11.1. The van der Waals surface area contributed by atoms with Gasteiger partial charge in [0.1, 0.15) is 17.5 Å². The van der Waals surface area contributed by atoms with Crippen LogP contribution in [0.15, 0.2) is 36.7 Å². The second-order valence-corrected chi connectivity index (χ2v) is 10.1. The lowest BCUT2D eigenvalue weighted by atomic mass is 9.93. The zero-order valence-electron chi connectivity index (χ0n) is 16.8. The van der Waals surface area contributed by atoms with Crippen LogP contribution < -0.4 is 0 Å². The minimum Gasteiger partial charge on any atom is -0.395 e. The lowest BCUT2D eigenvalue weighted by Gasteiger charge is -2.23. The zero-order valence-corrected chi connectivity index (χ0v) is 17.6. The van der Waals surface area contributed by atoms with E-state index in [1.165, 1.54) is 5.56 Å². The molecule has 150 valence electrons. The Morgan fingerprint density at radius 2 is 1.79 bits per heavy atom. The highest BCUT2D eigenvalue weighted by Crippen LogP contribution is 2.53. The molecule has 3 aromatic rings. The van der Waals surface area contributed by atoms with E-state index >= 15 is 0 Å². The maximum atomic E-state index is 9.81. The van der Waals surface area contributed by atoms with Crippen molar-refractivity contribution in [2.24, 2.45) is 0 Å². The molecule has 1 saturated carbocycles. The highest BCUT2D eigenvalue weighted by Gasteiger charge is 2.50. The third kappa shape index (κ3) is 3.26. The molecule has 0 amide bonds. The van der Waals surface area contributed by atoms with Crippen LogP contribution in [0.3, 0.4) is 0 Å². The summed E-state index contributed by atoms with van der Waals surface area (Å²) >= 11 is 1.83. The van der Waals surface area contributed by atoms with Gasteiger partial charge in [0.2, 0.25) is 0 Å². The minimum absolute atomic E-state index is 0.0296. The van der Waals surface area contributed by atoms with E-state index in [1.54, 1.807) is 0 Å². The molecule has 7 heteroatoms. The summed E-state index contributed by atoms with van der Waals surface area (Å²) in [7, 11) is 0. The number of benzene rings is 1. The zero-order chi connectivity index (χ0) is 20.1. The van der Waals surface area contributed by atoms with Crippen molar-refractivity contribution >= 4 is 11.8 Å². The highest BCUT2D eigenvalue weighted by molar-refractivity contribution is 8.00. The molecule has 2 aromatic heterocycles. The summed E-state index contributed by atoms with van der Waals surface area (Å²) in [5.41, 5.74) is 3.42. The van der Waals surface area contributed by atoms with Gasteiger partial charge in [-0.1, -0.05) is 24.3 Å². The first-order valence-electron chi connectivity index (χ1n) is 10.1. The number of thioether (sulfide) groups is 1. The van der Waals surface area contributed by atoms with E-state index in [-0.39, 0.29) is 16.8 Å². The van der Waals surface area contributed by atoms with Gasteiger partial charge in [0.15, 0.2) is 0 Å². The van der Waals surface area contributed by atoms with Crippen LogP contribution >= 0.6 is 11.8 Å². The van der Waals surface area contributed by atoms with E-state index in [0.29, 0.717) is 0 Å². The van der Waals surface area contributed by atoms with Crippen molar-refractivity contribution in [1.82, 2.24) is 24.7 Å². The molecular weight excluding hydrogens is 382 g/mol. The largest absolute Gasteiger partial charge is 0.395 e. The molecule has 1 aromatic carbocycles. The van der Waals surface area contributed by atoms with E-state index in [4.69, 9.17) is 0 Å². The SMILES string of the molecule is Cc1ncc(-c2ccc(C3(c4nnc5n4CCS[C@](C)(CO)C5)CC3)cc2)cn1. The van der Waals surface area contributed by atoms with E-state index < -0.39 is 0 Å². The summed E-state index contributed by atoms with van der Waals surface area (Å²) in [5.74, 6) is 3.84. The van der Waals surface area contributed by atoms with Gasteiger partial charge in [0.05, 0.1) is 12.0 Å². The van der Waals surface area contributed by atoms with Gasteiger partial charge in [0.25, 0.3) is 0 Å². The molecule has 1 fully saturated rings. The number of nitrogens with zero attached hydrogens (tertiary/aromatic N) is 5. The first-order chi connectivity index (χ1) is 14.0. The van der Waals surface area contributed by atoms with E-state index in [1.807, 2.05) is 31.1 Å². The molecule has 0 unspecified atom stereocenters. The average Bonchev–Trinajstić information content (AvgIpc) is 3.49. The van der Waals surface area contributed by atoms with Gasteiger partial charge < -0.3 is 9.67 Å². The van der Waals surface area contributed by atoms with Crippen molar-refractivity contribution in [3.05, 3.63) is 59.7 Å². The fourth-order valence-electron chi connectivity index (χ4n) is 4.22. The normalized spacial score (nSPS) is 22.7. The molecule has 1 N–H and O–H groups in total. The Bertz CT molecular complexity index is 1030. The molecule has 5 rings (SSSR count). The fourth-order valence-corrected chi connectivity index (χ4v) is 5.30. The molecule has 1 atom stereocenters. The van der Waals surface area contributed by atoms with Gasteiger partial charge >= 0.3 is 0 Å². The predicted molar refractivity (Wildman–Crippen MR) is 114 cm³/mol. The maximum Gasteiger partial charge on any atom is 0.143 e. The topological polar surface area (TPSA) is 76.7 Å². The van der Waals surface area contributed by atoms with Gasteiger partial charge in [0, 0.05) is 41.4 Å². The molecule has 29 heavy (non-hydrogen) atoms. The third-order valence-corrected chi connectivity index (χ3v) is 7.55. The Hall–Kier alpha value is -2.25. The molecule has 1 aliphatic heterocycles. The number of aromatic nitrogens is 5. The number of rotatable bonds is 4. The van der Waals surface area contributed by atoms with Crippen molar-refractivity contribution in [1.29, 1.82) is 0 Å². The van der Waals surface area contributed by atoms with Crippen molar-refractivity contribution in [2.75, 3.05) is 12.4 Å². The van der Waals surface area contributed by atoms with Crippen molar-refractivity contribution < 1.29 is 5.11 Å². The molecular formula is C22H25N5OS. The number of hydrogen-bond acceptors (Lipinski definition) is 6. The number of aliphatic hydroxyl groups excluding tert-OH is 1. The summed E-state index contributed by atoms with van der Waals surface area (Å²) < 4.78 is 2.13. The first kappa shape index (κ1) is 18.8. The van der Waals surface area contributed by atoms with Crippen molar-refractivity contribution in [3.63, 3.8) is 0 Å². The van der Waals surface area contributed by atoms with Crippen LogP contribution in [0.4, 0.5) is 0 Å². The third-order valence-electron chi connectivity index (χ3n) is 6.19. The van der Waals surface area contributed by atoms with Crippen LogP contribution in [-0.4, -0.2) is 46.9 Å². The number of aryl methyl sites for hydroxylation is 1. The summed E-state index contributed by atoms with van der Waals surface area (Å²) in [6.07, 6.45) is 6.70. The lowest BCUT2D eigenvalue weighted by Crippen LogP contribution is -2.28. The Balaban J connectivity index is 1.46. The predicted octanol–water partition coefficient (Wildman–Crippen LogP) is 3.16. The minimum atomic E-state index is -0.174. The summed E-state index contributed by atoms with van der Waals surface area (Å²) in [4.78, 5) is 8.61. The molecule has 1 aliphatic carbocycles. The number of fused-ring (bicyclic) bond motifs is 1. The molecule has 2 aliphatic rings. The lowest BCUT2D eigenvalue weighted by molar-refractivity contribution is 0.254. The van der Waals surface area contributed by atoms with Crippen LogP contribution in [-0.2, 0) is 18.4 Å². The smallest absolute Gasteiger partial charge is 0.143 e. The van der Waals surface area contributed by atoms with Crippen LogP contribution in [0.5, 0.6) is 0 Å². The molecule has 0 radical (unpaired) electrons. The molecule has 0 spiro atoms. The van der Waals surface area contributed by atoms with E-state index in [9.17, 15) is 5.11 Å². The van der Waals surface area contributed by atoms with Gasteiger partial charge in [-0.05, 0) is 37.8 Å². The summed E-state index contributed by atoms with van der Waals surface area (Å²) in [6, 6.07) is 8.74. The molecule has 0 saturated heterocycles. The average molecular weight is 408 g/mol. The van der Waals surface area contributed by atoms with Crippen LogP contribution in [0.2, 0.25) is 0 Å². The Kier molecular flexibility index (Phi) is 4.47. The van der Waals surface area contributed by atoms with Crippen molar-refractivity contribution in [2.45, 2.75) is 49.8 Å². The molecule has 0 bridgehead atoms. The summed E-state index contributed by atoms with van der Waals surface area (Å²) in [6.45, 7) is 5.07. The highest BCUT2D eigenvalue weighted by atomic mass is 32.2. The van der Waals surface area contributed by atoms with Crippen LogP contribution in [0, 0.1) is 6.92 Å². The quantitative estimate of drug-likeness (QED) is 0.716. The van der Waals surface area contributed by atoms with Gasteiger partial charge in [-0.3, -0.25) is 0 Å². The second-order valence-electron chi connectivity index (χ2n) is 8.40. The maximum absolute atomic E-state index is 9.81. The monoisotopic (exact) mass is 407 g/mol. The number of aliphatic hydroxyl groups is 1. The van der Waals surface area contributed by atoms with Gasteiger partial charge in [-0.2, -0.15) is 11.8 Å². The fraction of sp³-hybridized carbons (Fsp3) is 0.455. The summed E-state index contributed by atoms with van der Waals surface area (Å²) in [5, 5.41) is 19.0. The Morgan fingerprint density at radius 1 is 1.07 bits per heavy atom.